The van der Waals surface area contributed by atoms with E-state index < -0.39 is 0 Å². The quantitative estimate of drug-likeness (QED) is 0.889. The summed E-state index contributed by atoms with van der Waals surface area (Å²) in [7, 11) is 0. The Morgan fingerprint density at radius 2 is 1.84 bits per heavy atom. The van der Waals surface area contributed by atoms with Gasteiger partial charge in [0.1, 0.15) is 5.76 Å². The van der Waals surface area contributed by atoms with Crippen molar-refractivity contribution in [2.75, 3.05) is 0 Å². The van der Waals surface area contributed by atoms with E-state index in [1.807, 2.05) is 6.92 Å². The van der Waals surface area contributed by atoms with Crippen molar-refractivity contribution in [3.8, 4) is 0 Å². The maximum Gasteiger partial charge on any atom is 0.307 e. The number of rotatable bonds is 2. The molecular formula is C15H20N2O2. The third-order valence-electron chi connectivity index (χ3n) is 5.23. The smallest absolute Gasteiger partial charge is 0.307 e. The van der Waals surface area contributed by atoms with Crippen LogP contribution >= 0.6 is 0 Å². The maximum absolute atomic E-state index is 12.3. The van der Waals surface area contributed by atoms with Gasteiger partial charge >= 0.3 is 5.91 Å². The second kappa shape index (κ2) is 3.84. The Hall–Kier alpha value is -1.32. The lowest BCUT2D eigenvalue weighted by Gasteiger charge is -2.56. The Morgan fingerprint density at radius 1 is 1.26 bits per heavy atom. The summed E-state index contributed by atoms with van der Waals surface area (Å²) in [5.41, 5.74) is 0.0359. The van der Waals surface area contributed by atoms with Crippen molar-refractivity contribution in [1.82, 2.24) is 10.3 Å². The van der Waals surface area contributed by atoms with Crippen LogP contribution in [0.1, 0.15) is 55.0 Å². The third-order valence-corrected chi connectivity index (χ3v) is 5.23. The summed E-state index contributed by atoms with van der Waals surface area (Å²) < 4.78 is 5.34. The second-order valence-corrected chi connectivity index (χ2v) is 6.93. The summed E-state index contributed by atoms with van der Waals surface area (Å²) in [6.07, 6.45) is 9.22. The van der Waals surface area contributed by atoms with E-state index in [2.05, 4.69) is 10.3 Å². The molecule has 19 heavy (non-hydrogen) atoms. The average Bonchev–Trinajstić information content (AvgIpc) is 2.73. The maximum atomic E-state index is 12.3. The van der Waals surface area contributed by atoms with Gasteiger partial charge in [0.25, 0.3) is 5.89 Å². The number of nitrogens with zero attached hydrogens (tertiary/aromatic N) is 1. The molecule has 1 amide bonds. The minimum absolute atomic E-state index is 0.0359. The molecule has 5 rings (SSSR count). The van der Waals surface area contributed by atoms with E-state index in [1.54, 1.807) is 6.20 Å². The molecule has 0 atom stereocenters. The van der Waals surface area contributed by atoms with Crippen molar-refractivity contribution in [3.05, 3.63) is 17.8 Å². The Labute approximate surface area is 113 Å². The molecule has 4 nitrogen and oxygen atoms in total. The first-order valence-corrected chi connectivity index (χ1v) is 7.37. The molecule has 4 fully saturated rings. The third kappa shape index (κ3) is 1.88. The molecular weight excluding hydrogens is 240 g/mol. The number of aromatic nitrogens is 1. The molecule has 0 radical (unpaired) electrons. The number of carbonyl (C=O) groups is 1. The fourth-order valence-corrected chi connectivity index (χ4v) is 5.02. The number of hydrogen-bond acceptors (Lipinski definition) is 3. The van der Waals surface area contributed by atoms with Gasteiger partial charge < -0.3 is 9.73 Å². The highest BCUT2D eigenvalue weighted by Gasteiger charge is 2.51. The predicted octanol–water partition coefficient (Wildman–Crippen LogP) is 2.68. The largest absolute Gasteiger partial charge is 0.438 e. The molecule has 1 N–H and O–H groups in total. The van der Waals surface area contributed by atoms with Gasteiger partial charge in [0, 0.05) is 5.54 Å². The van der Waals surface area contributed by atoms with Crippen molar-refractivity contribution in [2.24, 2.45) is 17.8 Å². The van der Waals surface area contributed by atoms with Gasteiger partial charge in [-0.2, -0.15) is 0 Å². The van der Waals surface area contributed by atoms with Crippen LogP contribution in [0.5, 0.6) is 0 Å². The Morgan fingerprint density at radius 3 is 2.32 bits per heavy atom. The lowest BCUT2D eigenvalue weighted by atomic mass is 9.53. The highest BCUT2D eigenvalue weighted by Crippen LogP contribution is 2.55. The Bertz CT molecular complexity index is 485. The molecule has 0 aliphatic heterocycles. The molecule has 1 aromatic heterocycles. The zero-order chi connectivity index (χ0) is 13.0. The highest BCUT2D eigenvalue weighted by atomic mass is 16.4. The van der Waals surface area contributed by atoms with E-state index in [1.165, 1.54) is 19.3 Å². The van der Waals surface area contributed by atoms with E-state index in [4.69, 9.17) is 4.42 Å². The van der Waals surface area contributed by atoms with Gasteiger partial charge in [-0.05, 0) is 63.2 Å². The highest BCUT2D eigenvalue weighted by molar-refractivity contribution is 5.90. The summed E-state index contributed by atoms with van der Waals surface area (Å²) in [6.45, 7) is 1.81. The zero-order valence-corrected chi connectivity index (χ0v) is 11.3. The number of amides is 1. The molecule has 0 spiro atoms. The molecule has 4 aliphatic carbocycles. The first kappa shape index (κ1) is 11.5. The van der Waals surface area contributed by atoms with E-state index in [0.717, 1.165) is 37.0 Å². The van der Waals surface area contributed by atoms with Crippen LogP contribution in [-0.2, 0) is 0 Å². The fourth-order valence-electron chi connectivity index (χ4n) is 5.02. The van der Waals surface area contributed by atoms with Crippen molar-refractivity contribution < 1.29 is 9.21 Å². The molecule has 1 aromatic rings. The number of hydrogen-bond donors (Lipinski definition) is 1. The van der Waals surface area contributed by atoms with Crippen LogP contribution in [0.4, 0.5) is 0 Å². The van der Waals surface area contributed by atoms with Crippen LogP contribution < -0.4 is 5.32 Å². The van der Waals surface area contributed by atoms with Crippen molar-refractivity contribution >= 4 is 5.91 Å². The standard InChI is InChI=1S/C15H20N2O2/c1-9-8-16-14(19-9)13(18)17-15-5-10-2-11(6-15)4-12(3-10)7-15/h8,10-12H,2-7H2,1H3,(H,17,18). The second-order valence-electron chi connectivity index (χ2n) is 6.93. The summed E-state index contributed by atoms with van der Waals surface area (Å²) in [5, 5.41) is 3.26. The van der Waals surface area contributed by atoms with Gasteiger partial charge in [-0.15, -0.1) is 0 Å². The molecule has 0 saturated heterocycles. The van der Waals surface area contributed by atoms with Crippen LogP contribution in [0.3, 0.4) is 0 Å². The summed E-state index contributed by atoms with van der Waals surface area (Å²) in [6, 6.07) is 0. The average molecular weight is 260 g/mol. The molecule has 4 bridgehead atoms. The van der Waals surface area contributed by atoms with Crippen LogP contribution in [-0.4, -0.2) is 16.4 Å². The lowest BCUT2D eigenvalue weighted by molar-refractivity contribution is -0.0172. The molecule has 4 aliphatic rings. The van der Waals surface area contributed by atoms with Gasteiger partial charge in [0.15, 0.2) is 0 Å². The predicted molar refractivity (Wildman–Crippen MR) is 69.6 cm³/mol. The van der Waals surface area contributed by atoms with E-state index >= 15 is 0 Å². The van der Waals surface area contributed by atoms with Gasteiger partial charge in [-0.1, -0.05) is 0 Å². The first-order chi connectivity index (χ1) is 9.12. The molecule has 0 aromatic carbocycles. The minimum Gasteiger partial charge on any atom is -0.438 e. The van der Waals surface area contributed by atoms with Gasteiger partial charge in [0.2, 0.25) is 0 Å². The SMILES string of the molecule is Cc1cnc(C(=O)NC23CC4CC(CC(C4)C2)C3)o1. The van der Waals surface area contributed by atoms with Crippen LogP contribution in [0, 0.1) is 24.7 Å². The normalized spacial score (nSPS) is 39.5. The number of carbonyl (C=O) groups excluding carboxylic acids is 1. The minimum atomic E-state index is -0.130. The monoisotopic (exact) mass is 260 g/mol. The van der Waals surface area contributed by atoms with Crippen LogP contribution in [0.25, 0.3) is 0 Å². The van der Waals surface area contributed by atoms with Gasteiger partial charge in [0.05, 0.1) is 6.20 Å². The van der Waals surface area contributed by atoms with Crippen molar-refractivity contribution in [3.63, 3.8) is 0 Å². The summed E-state index contributed by atoms with van der Waals surface area (Å²) in [4.78, 5) is 16.3. The van der Waals surface area contributed by atoms with Crippen LogP contribution in [0.2, 0.25) is 0 Å². The molecule has 102 valence electrons. The Kier molecular flexibility index (Phi) is 2.32. The molecule has 0 unspecified atom stereocenters. The van der Waals surface area contributed by atoms with E-state index in [-0.39, 0.29) is 17.3 Å². The topological polar surface area (TPSA) is 55.1 Å². The first-order valence-electron chi connectivity index (χ1n) is 7.37. The molecule has 1 heterocycles. The van der Waals surface area contributed by atoms with Crippen LogP contribution in [0.15, 0.2) is 10.6 Å². The number of oxazole rings is 1. The van der Waals surface area contributed by atoms with Gasteiger partial charge in [-0.25, -0.2) is 4.98 Å². The fraction of sp³-hybridized carbons (Fsp3) is 0.733. The summed E-state index contributed by atoms with van der Waals surface area (Å²) in [5.74, 6) is 3.27. The molecule has 4 saturated carbocycles. The van der Waals surface area contributed by atoms with Gasteiger partial charge in [-0.3, -0.25) is 4.79 Å². The number of nitrogens with one attached hydrogen (secondary N) is 1. The molecule has 4 heteroatoms. The van der Waals surface area contributed by atoms with E-state index in [9.17, 15) is 4.79 Å². The van der Waals surface area contributed by atoms with E-state index in [0.29, 0.717) is 5.76 Å². The van der Waals surface area contributed by atoms with Crippen molar-refractivity contribution in [1.29, 1.82) is 0 Å². The Balaban J connectivity index is 1.54. The zero-order valence-electron chi connectivity index (χ0n) is 11.3. The number of aryl methyl sites for hydroxylation is 1. The lowest BCUT2D eigenvalue weighted by Crippen LogP contribution is -2.59. The summed E-state index contributed by atoms with van der Waals surface area (Å²) >= 11 is 0. The van der Waals surface area contributed by atoms with Crippen molar-refractivity contribution in [2.45, 2.75) is 51.0 Å².